The summed E-state index contributed by atoms with van der Waals surface area (Å²) in [6.07, 6.45) is 9.94. The molecule has 1 amide bonds. The molecular formula is C36H47ClN2O5S. The first kappa shape index (κ1) is 32.4. The summed E-state index contributed by atoms with van der Waals surface area (Å²) in [6, 6.07) is 11.4. The Morgan fingerprint density at radius 2 is 1.96 bits per heavy atom. The fourth-order valence-corrected chi connectivity index (χ4v) is 9.73. The van der Waals surface area contributed by atoms with E-state index in [0.29, 0.717) is 44.2 Å². The number of halogens is 1. The molecule has 1 spiro atoms. The fraction of sp³-hybridized carbons (Fsp3) is 0.583. The number of aryl methyl sites for hydroxylation is 1. The second-order valence-corrected chi connectivity index (χ2v) is 17.1. The van der Waals surface area contributed by atoms with Crippen molar-refractivity contribution in [1.82, 2.24) is 4.72 Å². The summed E-state index contributed by atoms with van der Waals surface area (Å²) in [6.45, 7) is 9.68. The van der Waals surface area contributed by atoms with E-state index < -0.39 is 26.8 Å². The van der Waals surface area contributed by atoms with Crippen molar-refractivity contribution < 1.29 is 23.1 Å². The molecule has 0 saturated heterocycles. The van der Waals surface area contributed by atoms with Crippen molar-refractivity contribution in [2.24, 2.45) is 23.7 Å². The maximum absolute atomic E-state index is 13.4. The summed E-state index contributed by atoms with van der Waals surface area (Å²) in [4.78, 5) is 15.8. The molecule has 6 atom stereocenters. The van der Waals surface area contributed by atoms with E-state index in [1.807, 2.05) is 25.1 Å². The monoisotopic (exact) mass is 654 g/mol. The predicted octanol–water partition coefficient (Wildman–Crippen LogP) is 6.66. The summed E-state index contributed by atoms with van der Waals surface area (Å²) in [5.74, 6) is 0.417. The molecule has 2 aliphatic heterocycles. The number of aliphatic hydroxyl groups is 1. The molecule has 4 aliphatic rings. The summed E-state index contributed by atoms with van der Waals surface area (Å²) in [7, 11) is -3.94. The van der Waals surface area contributed by atoms with Crippen LogP contribution in [0.3, 0.4) is 0 Å². The van der Waals surface area contributed by atoms with Gasteiger partial charge in [0.2, 0.25) is 10.0 Å². The van der Waals surface area contributed by atoms with Crippen molar-refractivity contribution in [3.05, 3.63) is 70.3 Å². The topological polar surface area (TPSA) is 95.9 Å². The zero-order chi connectivity index (χ0) is 32.1. The quantitative estimate of drug-likeness (QED) is 0.352. The van der Waals surface area contributed by atoms with Gasteiger partial charge in [0.25, 0.3) is 5.91 Å². The van der Waals surface area contributed by atoms with Gasteiger partial charge in [0.15, 0.2) is 0 Å². The van der Waals surface area contributed by atoms with Gasteiger partial charge in [-0.3, -0.25) is 4.79 Å². The third-order valence-electron chi connectivity index (χ3n) is 11.0. The number of fused-ring (bicyclic) bond motifs is 4. The average molecular weight is 655 g/mol. The Kier molecular flexibility index (Phi) is 8.81. The van der Waals surface area contributed by atoms with Crippen LogP contribution in [0.25, 0.3) is 0 Å². The van der Waals surface area contributed by atoms with Gasteiger partial charge in [0.05, 0.1) is 23.1 Å². The van der Waals surface area contributed by atoms with E-state index in [-0.39, 0.29) is 28.7 Å². The molecule has 6 rings (SSSR count). The molecule has 2 heterocycles. The molecule has 2 aromatic rings. The van der Waals surface area contributed by atoms with Gasteiger partial charge in [-0.25, -0.2) is 13.1 Å². The van der Waals surface area contributed by atoms with Crippen molar-refractivity contribution in [2.75, 3.05) is 24.6 Å². The molecule has 1 fully saturated rings. The number of hydrogen-bond donors (Lipinski definition) is 2. The lowest BCUT2D eigenvalue weighted by Crippen LogP contribution is -2.52. The molecule has 9 heteroatoms. The van der Waals surface area contributed by atoms with Crippen molar-refractivity contribution in [3.63, 3.8) is 0 Å². The second-order valence-electron chi connectivity index (χ2n) is 14.6. The fourth-order valence-electron chi connectivity index (χ4n) is 8.25. The number of amides is 1. The molecular weight excluding hydrogens is 608 g/mol. The van der Waals surface area contributed by atoms with Crippen molar-refractivity contribution >= 4 is 33.2 Å². The number of anilines is 1. The summed E-state index contributed by atoms with van der Waals surface area (Å²) < 4.78 is 35.6. The first-order chi connectivity index (χ1) is 21.3. The van der Waals surface area contributed by atoms with Crippen LogP contribution in [0.4, 0.5) is 5.69 Å². The van der Waals surface area contributed by atoms with Crippen LogP contribution in [-0.2, 0) is 21.9 Å². The molecule has 0 aromatic heterocycles. The Morgan fingerprint density at radius 3 is 2.69 bits per heavy atom. The smallest absolute Gasteiger partial charge is 0.264 e. The molecule has 1 saturated carbocycles. The van der Waals surface area contributed by atoms with E-state index in [2.05, 4.69) is 35.6 Å². The standard InChI is InChI=1S/C36H47ClN2O5S/c1-23(2)19-36(41)16-5-7-24(3)25(4)45(42,43)38-34(40)27-10-14-33-32(18-27)39(20-28-9-12-31(28)36)21-35(22-44-33)15-6-8-26-17-29(37)11-13-30(26)35/h5,10-11,13-14,16-18,23-25,28,31,41H,6-9,12,15,19-22H2,1-4H3,(H,38,40)/b16-5-/t24-,25+,28-,31+,35-,36-/m0/s1. The van der Waals surface area contributed by atoms with Gasteiger partial charge in [-0.15, -0.1) is 0 Å². The number of carbonyl (C=O) groups excluding carboxylic acids is 1. The molecule has 2 N–H and O–H groups in total. The van der Waals surface area contributed by atoms with E-state index in [4.69, 9.17) is 16.3 Å². The number of nitrogens with zero attached hydrogens (tertiary/aromatic N) is 1. The average Bonchev–Trinajstić information content (AvgIpc) is 3.10. The minimum atomic E-state index is -3.94. The zero-order valence-corrected chi connectivity index (χ0v) is 28.5. The van der Waals surface area contributed by atoms with Gasteiger partial charge in [0.1, 0.15) is 5.75 Å². The highest BCUT2D eigenvalue weighted by Crippen LogP contribution is 2.49. The molecule has 45 heavy (non-hydrogen) atoms. The number of carbonyl (C=O) groups is 1. The zero-order valence-electron chi connectivity index (χ0n) is 26.9. The number of benzene rings is 2. The number of allylic oxidation sites excluding steroid dienone is 1. The van der Waals surface area contributed by atoms with E-state index in [9.17, 15) is 18.3 Å². The highest BCUT2D eigenvalue weighted by atomic mass is 35.5. The van der Waals surface area contributed by atoms with E-state index >= 15 is 0 Å². The Morgan fingerprint density at radius 1 is 1.16 bits per heavy atom. The molecule has 244 valence electrons. The van der Waals surface area contributed by atoms with Crippen LogP contribution < -0.4 is 14.4 Å². The van der Waals surface area contributed by atoms with Crippen molar-refractivity contribution in [2.45, 2.75) is 88.9 Å². The number of rotatable bonds is 2. The predicted molar refractivity (Wildman–Crippen MR) is 180 cm³/mol. The van der Waals surface area contributed by atoms with Gasteiger partial charge in [-0.05, 0) is 117 Å². The molecule has 2 bridgehead atoms. The number of sulfonamides is 1. The Hall–Kier alpha value is -2.55. The molecule has 0 unspecified atom stereocenters. The number of hydrogen-bond acceptors (Lipinski definition) is 6. The van der Waals surface area contributed by atoms with Crippen LogP contribution in [0.2, 0.25) is 5.02 Å². The van der Waals surface area contributed by atoms with Crippen molar-refractivity contribution in [3.8, 4) is 5.75 Å². The van der Waals surface area contributed by atoms with E-state index in [1.165, 1.54) is 11.1 Å². The maximum atomic E-state index is 13.4. The maximum Gasteiger partial charge on any atom is 0.264 e. The van der Waals surface area contributed by atoms with Gasteiger partial charge in [-0.2, -0.15) is 0 Å². The third-order valence-corrected chi connectivity index (χ3v) is 13.1. The summed E-state index contributed by atoms with van der Waals surface area (Å²) in [5.41, 5.74) is 2.33. The van der Waals surface area contributed by atoms with Crippen LogP contribution in [0.1, 0.15) is 87.7 Å². The van der Waals surface area contributed by atoms with E-state index in [0.717, 1.165) is 42.8 Å². The lowest BCUT2D eigenvalue weighted by atomic mass is 9.62. The molecule has 0 radical (unpaired) electrons. The van der Waals surface area contributed by atoms with Crippen LogP contribution >= 0.6 is 11.6 Å². The van der Waals surface area contributed by atoms with Gasteiger partial charge in [-0.1, -0.05) is 50.6 Å². The Balaban J connectivity index is 1.45. The third kappa shape index (κ3) is 6.27. The lowest BCUT2D eigenvalue weighted by molar-refractivity contribution is -0.0577. The number of ether oxygens (including phenoxy) is 1. The van der Waals surface area contributed by atoms with E-state index in [1.54, 1.807) is 25.1 Å². The normalized spacial score (nSPS) is 33.7. The first-order valence-corrected chi connectivity index (χ1v) is 18.5. The van der Waals surface area contributed by atoms with Crippen LogP contribution in [0.5, 0.6) is 5.75 Å². The van der Waals surface area contributed by atoms with Crippen LogP contribution in [-0.4, -0.2) is 50.0 Å². The minimum Gasteiger partial charge on any atom is -0.490 e. The van der Waals surface area contributed by atoms with Crippen LogP contribution in [0, 0.1) is 23.7 Å². The van der Waals surface area contributed by atoms with Crippen molar-refractivity contribution in [1.29, 1.82) is 0 Å². The molecule has 2 aromatic carbocycles. The minimum absolute atomic E-state index is 0.0769. The van der Waals surface area contributed by atoms with Gasteiger partial charge >= 0.3 is 0 Å². The highest BCUT2D eigenvalue weighted by Gasteiger charge is 2.48. The van der Waals surface area contributed by atoms with Gasteiger partial charge in [0, 0.05) is 29.1 Å². The largest absolute Gasteiger partial charge is 0.490 e. The highest BCUT2D eigenvalue weighted by molar-refractivity contribution is 7.90. The lowest BCUT2D eigenvalue weighted by Gasteiger charge is -2.49. The molecule has 2 aliphatic carbocycles. The first-order valence-electron chi connectivity index (χ1n) is 16.6. The number of nitrogens with one attached hydrogen (secondary N) is 1. The van der Waals surface area contributed by atoms with Crippen LogP contribution in [0.15, 0.2) is 48.6 Å². The summed E-state index contributed by atoms with van der Waals surface area (Å²) >= 11 is 6.43. The second kappa shape index (κ2) is 12.2. The Bertz CT molecular complexity index is 1590. The Labute approximate surface area is 273 Å². The van der Waals surface area contributed by atoms with Gasteiger partial charge < -0.3 is 14.7 Å². The molecule has 7 nitrogen and oxygen atoms in total. The summed E-state index contributed by atoms with van der Waals surface area (Å²) in [5, 5.41) is 12.2. The SMILES string of the molecule is CC(C)C[C@@]1(O)/C=C\C[C@H](C)[C@@H](C)S(=O)(=O)NC(=O)c2ccc3c(c2)N(C[C@@H]2CC[C@H]21)C[C@@]1(CCCc2cc(Cl)ccc21)CO3.